The van der Waals surface area contributed by atoms with Crippen molar-refractivity contribution in [1.82, 2.24) is 0 Å². The van der Waals surface area contributed by atoms with E-state index in [1.807, 2.05) is 0 Å². The van der Waals surface area contributed by atoms with Gasteiger partial charge in [-0.1, -0.05) is 12.1 Å². The number of anilines is 1. The first kappa shape index (κ1) is 24.1. The molecule has 10 heteroatoms. The Morgan fingerprint density at radius 1 is 1.03 bits per heavy atom. The van der Waals surface area contributed by atoms with Crippen molar-refractivity contribution in [3.63, 3.8) is 0 Å². The number of nitrogens with one attached hydrogen (secondary N) is 1. The number of aliphatic hydroxyl groups excluding tert-OH is 1. The second kappa shape index (κ2) is 9.34. The molecule has 2 rings (SSSR count). The largest absolute Gasteiger partial charge is 0.573 e. The van der Waals surface area contributed by atoms with Crippen molar-refractivity contribution in [2.45, 2.75) is 38.8 Å². The highest BCUT2D eigenvalue weighted by atomic mass is 19.4. The fourth-order valence-electron chi connectivity index (χ4n) is 2.79. The number of hydrogen-bond donors (Lipinski definition) is 2. The van der Waals surface area contributed by atoms with Crippen molar-refractivity contribution in [2.24, 2.45) is 0 Å². The Balaban J connectivity index is 2.53. The molecule has 31 heavy (non-hydrogen) atoms. The SMILES string of the molecule is COc1cccc(C(O)c2cc(OC(F)(F)F)ccc2NC(=O)OC(C)(C)C)c1OC. The predicted molar refractivity (Wildman–Crippen MR) is 107 cm³/mol. The number of carbonyl (C=O) groups excluding carboxylic acids is 1. The van der Waals surface area contributed by atoms with Crippen molar-refractivity contribution in [2.75, 3.05) is 19.5 Å². The van der Waals surface area contributed by atoms with Gasteiger partial charge in [-0.2, -0.15) is 0 Å². The molecule has 0 saturated heterocycles. The predicted octanol–water partition coefficient (Wildman–Crippen LogP) is 5.03. The first-order valence-corrected chi connectivity index (χ1v) is 9.13. The zero-order valence-corrected chi connectivity index (χ0v) is 17.7. The topological polar surface area (TPSA) is 86.2 Å². The van der Waals surface area contributed by atoms with Crippen LogP contribution in [0.2, 0.25) is 0 Å². The van der Waals surface area contributed by atoms with Crippen LogP contribution in [0.25, 0.3) is 0 Å². The summed E-state index contributed by atoms with van der Waals surface area (Å²) < 4.78 is 57.7. The van der Waals surface area contributed by atoms with Crippen LogP contribution in [0, 0.1) is 0 Å². The molecule has 7 nitrogen and oxygen atoms in total. The van der Waals surface area contributed by atoms with Gasteiger partial charge in [0.15, 0.2) is 11.5 Å². The Labute approximate surface area is 177 Å². The van der Waals surface area contributed by atoms with Gasteiger partial charge in [0.05, 0.1) is 19.9 Å². The summed E-state index contributed by atoms with van der Waals surface area (Å²) in [5.41, 5.74) is -0.642. The maximum Gasteiger partial charge on any atom is 0.573 e. The van der Waals surface area contributed by atoms with Crippen LogP contribution in [0.5, 0.6) is 17.2 Å². The van der Waals surface area contributed by atoms with Crippen LogP contribution in [-0.4, -0.2) is 37.4 Å². The first-order chi connectivity index (χ1) is 14.3. The molecule has 1 atom stereocenters. The van der Waals surface area contributed by atoms with E-state index in [2.05, 4.69) is 10.1 Å². The molecule has 0 radical (unpaired) electrons. The van der Waals surface area contributed by atoms with Crippen LogP contribution in [0.4, 0.5) is 23.7 Å². The van der Waals surface area contributed by atoms with Crippen LogP contribution in [-0.2, 0) is 4.74 Å². The molecule has 1 unspecified atom stereocenters. The average Bonchev–Trinajstić information content (AvgIpc) is 2.65. The molecule has 0 aromatic heterocycles. The first-order valence-electron chi connectivity index (χ1n) is 9.13. The summed E-state index contributed by atoms with van der Waals surface area (Å²) in [5, 5.41) is 13.5. The minimum Gasteiger partial charge on any atom is -0.493 e. The third-order valence-electron chi connectivity index (χ3n) is 3.91. The molecule has 2 aromatic rings. The summed E-state index contributed by atoms with van der Waals surface area (Å²) in [5.74, 6) is -0.0792. The molecule has 0 spiro atoms. The second-order valence-electron chi connectivity index (χ2n) is 7.41. The van der Waals surface area contributed by atoms with Gasteiger partial charge in [-0.25, -0.2) is 4.79 Å². The molecular weight excluding hydrogens is 419 g/mol. The molecule has 0 aliphatic carbocycles. The van der Waals surface area contributed by atoms with E-state index < -0.39 is 29.9 Å². The van der Waals surface area contributed by atoms with Gasteiger partial charge in [0.1, 0.15) is 17.5 Å². The molecule has 0 saturated carbocycles. The third-order valence-corrected chi connectivity index (χ3v) is 3.91. The highest BCUT2D eigenvalue weighted by molar-refractivity contribution is 5.86. The zero-order valence-electron chi connectivity index (χ0n) is 17.7. The Hall–Kier alpha value is -3.14. The van der Waals surface area contributed by atoms with Crippen molar-refractivity contribution in [3.8, 4) is 17.2 Å². The van der Waals surface area contributed by atoms with Gasteiger partial charge in [0.2, 0.25) is 0 Å². The summed E-state index contributed by atoms with van der Waals surface area (Å²) in [4.78, 5) is 12.2. The highest BCUT2D eigenvalue weighted by Crippen LogP contribution is 2.40. The van der Waals surface area contributed by atoms with Gasteiger partial charge < -0.3 is 24.1 Å². The molecule has 1 amide bonds. The molecule has 2 N–H and O–H groups in total. The van der Waals surface area contributed by atoms with Crippen molar-refractivity contribution in [3.05, 3.63) is 47.5 Å². The fraction of sp³-hybridized carbons (Fsp3) is 0.381. The van der Waals surface area contributed by atoms with Crippen LogP contribution >= 0.6 is 0 Å². The number of benzene rings is 2. The smallest absolute Gasteiger partial charge is 0.493 e. The van der Waals surface area contributed by atoms with Crippen LogP contribution in [0.3, 0.4) is 0 Å². The maximum absolute atomic E-state index is 12.7. The second-order valence-corrected chi connectivity index (χ2v) is 7.41. The number of halogens is 3. The molecule has 0 bridgehead atoms. The number of rotatable bonds is 6. The van der Waals surface area contributed by atoms with Crippen LogP contribution in [0.15, 0.2) is 36.4 Å². The lowest BCUT2D eigenvalue weighted by atomic mass is 9.98. The lowest BCUT2D eigenvalue weighted by Gasteiger charge is -2.23. The summed E-state index contributed by atoms with van der Waals surface area (Å²) in [6.45, 7) is 4.97. The van der Waals surface area contributed by atoms with Gasteiger partial charge in [0, 0.05) is 11.1 Å². The summed E-state index contributed by atoms with van der Waals surface area (Å²) in [6, 6.07) is 7.86. The lowest BCUT2D eigenvalue weighted by molar-refractivity contribution is -0.274. The van der Waals surface area contributed by atoms with E-state index in [0.717, 1.165) is 12.1 Å². The Kier molecular flexibility index (Phi) is 7.27. The van der Waals surface area contributed by atoms with E-state index in [0.29, 0.717) is 5.75 Å². The number of aliphatic hydroxyl groups is 1. The van der Waals surface area contributed by atoms with Crippen LogP contribution < -0.4 is 19.5 Å². The number of para-hydroxylation sites is 1. The fourth-order valence-corrected chi connectivity index (χ4v) is 2.79. The van der Waals surface area contributed by atoms with E-state index >= 15 is 0 Å². The summed E-state index contributed by atoms with van der Waals surface area (Å²) >= 11 is 0. The number of hydrogen-bond acceptors (Lipinski definition) is 6. The number of ether oxygens (including phenoxy) is 4. The number of carbonyl (C=O) groups is 1. The normalized spacial score (nSPS) is 12.7. The minimum atomic E-state index is -4.93. The molecule has 0 aliphatic rings. The number of methoxy groups -OCH3 is 2. The van der Waals surface area contributed by atoms with E-state index in [4.69, 9.17) is 14.2 Å². The standard InChI is InChI=1S/C21H24F3NO6/c1-20(2,3)31-19(27)25-15-10-9-12(30-21(22,23)24)11-14(15)17(26)13-7-6-8-16(28-4)18(13)29-5/h6-11,17,26H,1-5H3,(H,25,27). The van der Waals surface area contributed by atoms with Gasteiger partial charge >= 0.3 is 12.5 Å². The molecule has 0 aliphatic heterocycles. The van der Waals surface area contributed by atoms with Gasteiger partial charge in [-0.05, 0) is 45.0 Å². The zero-order chi connectivity index (χ0) is 23.4. The third kappa shape index (κ3) is 6.68. The molecular formula is C21H24F3NO6. The Morgan fingerprint density at radius 3 is 2.26 bits per heavy atom. The molecule has 0 heterocycles. The highest BCUT2D eigenvalue weighted by Gasteiger charge is 2.32. The van der Waals surface area contributed by atoms with Crippen LogP contribution in [0.1, 0.15) is 38.0 Å². The monoisotopic (exact) mass is 443 g/mol. The van der Waals surface area contributed by atoms with Gasteiger partial charge in [0.25, 0.3) is 0 Å². The molecule has 2 aromatic carbocycles. The number of alkyl halides is 3. The minimum absolute atomic E-state index is 0.0288. The lowest BCUT2D eigenvalue weighted by Crippen LogP contribution is -2.27. The summed E-state index contributed by atoms with van der Waals surface area (Å²) in [6.07, 6.45) is -7.27. The average molecular weight is 443 g/mol. The maximum atomic E-state index is 12.7. The molecule has 0 fully saturated rings. The number of amides is 1. The Morgan fingerprint density at radius 2 is 1.71 bits per heavy atom. The van der Waals surface area contributed by atoms with Crippen molar-refractivity contribution >= 4 is 11.8 Å². The van der Waals surface area contributed by atoms with Crippen molar-refractivity contribution < 1.29 is 42.0 Å². The van der Waals surface area contributed by atoms with E-state index in [9.17, 15) is 23.1 Å². The van der Waals surface area contributed by atoms with Gasteiger partial charge in [-0.3, -0.25) is 5.32 Å². The quantitative estimate of drug-likeness (QED) is 0.651. The van der Waals surface area contributed by atoms with Gasteiger partial charge in [-0.15, -0.1) is 13.2 Å². The van der Waals surface area contributed by atoms with E-state index in [-0.39, 0.29) is 22.6 Å². The molecule has 170 valence electrons. The van der Waals surface area contributed by atoms with E-state index in [1.165, 1.54) is 26.4 Å². The van der Waals surface area contributed by atoms with E-state index in [1.54, 1.807) is 32.9 Å². The van der Waals surface area contributed by atoms with Crippen molar-refractivity contribution in [1.29, 1.82) is 0 Å². The summed E-state index contributed by atoms with van der Waals surface area (Å²) in [7, 11) is 2.76. The Bertz CT molecular complexity index is 924.